The van der Waals surface area contributed by atoms with Crippen molar-refractivity contribution in [2.45, 2.75) is 32.2 Å². The highest BCUT2D eigenvalue weighted by Crippen LogP contribution is 2.31. The van der Waals surface area contributed by atoms with E-state index in [0.717, 1.165) is 35.8 Å². The number of hydrogen-bond donors (Lipinski definition) is 0. The van der Waals surface area contributed by atoms with Crippen LogP contribution in [0, 0.1) is 0 Å². The molecule has 5 heteroatoms. The Balaban J connectivity index is 1.56. The van der Waals surface area contributed by atoms with Gasteiger partial charge in [0.2, 0.25) is 0 Å². The van der Waals surface area contributed by atoms with Crippen LogP contribution in [-0.2, 0) is 6.42 Å². The van der Waals surface area contributed by atoms with E-state index < -0.39 is 0 Å². The summed E-state index contributed by atoms with van der Waals surface area (Å²) in [4.78, 5) is 11.8. The summed E-state index contributed by atoms with van der Waals surface area (Å²) in [6.07, 6.45) is 5.47. The van der Waals surface area contributed by atoms with E-state index in [0.29, 0.717) is 5.02 Å². The van der Waals surface area contributed by atoms with Gasteiger partial charge in [0.1, 0.15) is 0 Å². The second-order valence-corrected chi connectivity index (χ2v) is 7.92. The van der Waals surface area contributed by atoms with Crippen molar-refractivity contribution in [2.24, 2.45) is 0 Å². The molecule has 4 rings (SSSR count). The molecule has 1 aromatic carbocycles. The molecule has 3 heterocycles. The molecule has 1 fully saturated rings. The molecule has 0 saturated carbocycles. The van der Waals surface area contributed by atoms with Crippen LogP contribution in [0.3, 0.4) is 0 Å². The highest BCUT2D eigenvalue weighted by molar-refractivity contribution is 7.18. The molecule has 0 bridgehead atoms. The SMILES string of the molecule is CC1CCCN1CCc1nc2ccc(-c3ncccc3Cl)cc2s1. The van der Waals surface area contributed by atoms with Gasteiger partial charge in [-0.1, -0.05) is 17.7 Å². The van der Waals surface area contributed by atoms with Crippen molar-refractivity contribution in [1.29, 1.82) is 0 Å². The van der Waals surface area contributed by atoms with Crippen molar-refractivity contribution >= 4 is 33.2 Å². The van der Waals surface area contributed by atoms with E-state index >= 15 is 0 Å². The Kier molecular flexibility index (Phi) is 4.53. The summed E-state index contributed by atoms with van der Waals surface area (Å²) < 4.78 is 1.21. The molecule has 24 heavy (non-hydrogen) atoms. The summed E-state index contributed by atoms with van der Waals surface area (Å²) in [7, 11) is 0. The van der Waals surface area contributed by atoms with Crippen LogP contribution in [0.15, 0.2) is 36.5 Å². The van der Waals surface area contributed by atoms with Crippen LogP contribution < -0.4 is 0 Å². The number of nitrogens with zero attached hydrogens (tertiary/aromatic N) is 3. The van der Waals surface area contributed by atoms with Gasteiger partial charge in [-0.05, 0) is 50.6 Å². The lowest BCUT2D eigenvalue weighted by Gasteiger charge is -2.19. The maximum absolute atomic E-state index is 6.27. The van der Waals surface area contributed by atoms with E-state index in [2.05, 4.69) is 35.0 Å². The lowest BCUT2D eigenvalue weighted by Crippen LogP contribution is -2.28. The molecule has 0 N–H and O–H groups in total. The summed E-state index contributed by atoms with van der Waals surface area (Å²) in [5, 5.41) is 1.90. The highest BCUT2D eigenvalue weighted by atomic mass is 35.5. The first-order valence-corrected chi connectivity index (χ1v) is 9.64. The van der Waals surface area contributed by atoms with E-state index in [1.165, 1.54) is 29.1 Å². The third-order valence-electron chi connectivity index (χ3n) is 4.77. The molecule has 3 aromatic rings. The fourth-order valence-electron chi connectivity index (χ4n) is 3.39. The van der Waals surface area contributed by atoms with Gasteiger partial charge in [-0.3, -0.25) is 4.98 Å². The largest absolute Gasteiger partial charge is 0.300 e. The molecule has 1 saturated heterocycles. The van der Waals surface area contributed by atoms with Crippen LogP contribution in [0.1, 0.15) is 24.8 Å². The van der Waals surface area contributed by atoms with Gasteiger partial charge in [0, 0.05) is 30.8 Å². The molecule has 2 aromatic heterocycles. The second kappa shape index (κ2) is 6.79. The number of halogens is 1. The normalized spacial score (nSPS) is 18.5. The summed E-state index contributed by atoms with van der Waals surface area (Å²) in [6.45, 7) is 4.67. The molecule has 3 nitrogen and oxygen atoms in total. The summed E-state index contributed by atoms with van der Waals surface area (Å²) in [5.74, 6) is 0. The highest BCUT2D eigenvalue weighted by Gasteiger charge is 2.20. The molecule has 1 unspecified atom stereocenters. The second-order valence-electron chi connectivity index (χ2n) is 6.40. The standard InChI is InChI=1S/C19H20ClN3S/c1-13-4-3-10-23(13)11-8-18-22-16-7-6-14(12-17(16)24-18)19-15(20)5-2-9-21-19/h2,5-7,9,12-13H,3-4,8,10-11H2,1H3. The molecule has 0 aliphatic carbocycles. The Hall–Kier alpha value is -1.49. The van der Waals surface area contributed by atoms with Crippen molar-refractivity contribution in [2.75, 3.05) is 13.1 Å². The maximum atomic E-state index is 6.27. The van der Waals surface area contributed by atoms with Gasteiger partial charge in [-0.25, -0.2) is 4.98 Å². The lowest BCUT2D eigenvalue weighted by atomic mass is 10.1. The zero-order chi connectivity index (χ0) is 16.5. The van der Waals surface area contributed by atoms with E-state index in [1.807, 2.05) is 12.1 Å². The zero-order valence-corrected chi connectivity index (χ0v) is 15.3. The first-order valence-electron chi connectivity index (χ1n) is 8.45. The average molecular weight is 358 g/mol. The molecule has 1 aliphatic heterocycles. The van der Waals surface area contributed by atoms with Gasteiger partial charge in [0.25, 0.3) is 0 Å². The quantitative estimate of drug-likeness (QED) is 0.655. The number of fused-ring (bicyclic) bond motifs is 1. The minimum Gasteiger partial charge on any atom is -0.300 e. The zero-order valence-electron chi connectivity index (χ0n) is 13.7. The maximum Gasteiger partial charge on any atom is 0.0951 e. The fourth-order valence-corrected chi connectivity index (χ4v) is 4.61. The monoisotopic (exact) mass is 357 g/mol. The minimum atomic E-state index is 0.685. The van der Waals surface area contributed by atoms with Crippen molar-refractivity contribution in [3.8, 4) is 11.3 Å². The lowest BCUT2D eigenvalue weighted by molar-refractivity contribution is 0.272. The fraction of sp³-hybridized carbons (Fsp3) is 0.368. The first kappa shape index (κ1) is 16.0. The molecular weight excluding hydrogens is 338 g/mol. The Morgan fingerprint density at radius 1 is 1.33 bits per heavy atom. The smallest absolute Gasteiger partial charge is 0.0951 e. The molecular formula is C19H20ClN3S. The molecule has 1 aliphatic rings. The molecule has 0 radical (unpaired) electrons. The molecule has 0 amide bonds. The number of rotatable bonds is 4. The summed E-state index contributed by atoms with van der Waals surface area (Å²) >= 11 is 8.06. The van der Waals surface area contributed by atoms with Crippen LogP contribution in [0.2, 0.25) is 5.02 Å². The number of thiazole rings is 1. The Bertz CT molecular complexity index is 861. The van der Waals surface area contributed by atoms with Crippen LogP contribution in [0.5, 0.6) is 0 Å². The van der Waals surface area contributed by atoms with Gasteiger partial charge < -0.3 is 4.90 Å². The average Bonchev–Trinajstić information content (AvgIpc) is 3.18. The number of benzene rings is 1. The van der Waals surface area contributed by atoms with Gasteiger partial charge in [0.05, 0.1) is 25.9 Å². The van der Waals surface area contributed by atoms with Crippen molar-refractivity contribution in [3.05, 3.63) is 46.6 Å². The summed E-state index contributed by atoms with van der Waals surface area (Å²) in [5.41, 5.74) is 2.96. The van der Waals surface area contributed by atoms with Gasteiger partial charge in [0.15, 0.2) is 0 Å². The van der Waals surface area contributed by atoms with Crippen LogP contribution >= 0.6 is 22.9 Å². The Morgan fingerprint density at radius 3 is 3.04 bits per heavy atom. The third-order valence-corrected chi connectivity index (χ3v) is 6.15. The minimum absolute atomic E-state index is 0.685. The van der Waals surface area contributed by atoms with Gasteiger partial charge >= 0.3 is 0 Å². The predicted molar refractivity (Wildman–Crippen MR) is 102 cm³/mol. The van der Waals surface area contributed by atoms with E-state index in [4.69, 9.17) is 16.6 Å². The van der Waals surface area contributed by atoms with Crippen LogP contribution in [0.25, 0.3) is 21.5 Å². The third kappa shape index (κ3) is 3.18. The molecule has 124 valence electrons. The van der Waals surface area contributed by atoms with E-state index in [-0.39, 0.29) is 0 Å². The Morgan fingerprint density at radius 2 is 2.25 bits per heavy atom. The van der Waals surface area contributed by atoms with Crippen molar-refractivity contribution < 1.29 is 0 Å². The summed E-state index contributed by atoms with van der Waals surface area (Å²) in [6, 6.07) is 10.7. The number of aromatic nitrogens is 2. The van der Waals surface area contributed by atoms with Gasteiger partial charge in [-0.15, -0.1) is 11.3 Å². The first-order chi connectivity index (χ1) is 11.7. The number of pyridine rings is 1. The topological polar surface area (TPSA) is 29.0 Å². The van der Waals surface area contributed by atoms with E-state index in [9.17, 15) is 0 Å². The number of likely N-dealkylation sites (tertiary alicyclic amines) is 1. The van der Waals surface area contributed by atoms with Gasteiger partial charge in [-0.2, -0.15) is 0 Å². The van der Waals surface area contributed by atoms with Crippen molar-refractivity contribution in [3.63, 3.8) is 0 Å². The predicted octanol–water partition coefficient (Wildman–Crippen LogP) is 5.04. The number of hydrogen-bond acceptors (Lipinski definition) is 4. The molecule has 1 atom stereocenters. The van der Waals surface area contributed by atoms with Crippen LogP contribution in [0.4, 0.5) is 0 Å². The Labute approximate surface area is 151 Å². The van der Waals surface area contributed by atoms with Crippen molar-refractivity contribution in [1.82, 2.24) is 14.9 Å². The van der Waals surface area contributed by atoms with Crippen LogP contribution in [-0.4, -0.2) is 34.0 Å². The molecule has 0 spiro atoms. The van der Waals surface area contributed by atoms with E-state index in [1.54, 1.807) is 17.5 Å².